The minimum atomic E-state index is -0.596. The van der Waals surface area contributed by atoms with Gasteiger partial charge in [-0.05, 0) is 57.5 Å². The molecule has 2 amide bonds. The van der Waals surface area contributed by atoms with Gasteiger partial charge in [0.05, 0.1) is 0 Å². The van der Waals surface area contributed by atoms with Gasteiger partial charge in [0.2, 0.25) is 11.9 Å². The quantitative estimate of drug-likeness (QED) is 0.647. The zero-order valence-corrected chi connectivity index (χ0v) is 22.8. The SMILES string of the molecule is CN1CCN(c2cc(N3CCc4ccc(N5CCN(C(=O)OC(C)(C)C)CC5=O)cc4C3)nc(N)n2)CC1. The number of rotatable bonds is 3. The minimum absolute atomic E-state index is 0.00734. The molecule has 1 aromatic carbocycles. The van der Waals surface area contributed by atoms with Crippen LogP contribution in [0.4, 0.5) is 28.1 Å². The Balaban J connectivity index is 1.29. The van der Waals surface area contributed by atoms with Gasteiger partial charge in [0, 0.05) is 64.1 Å². The summed E-state index contributed by atoms with van der Waals surface area (Å²) in [5.41, 5.74) is 8.81. The van der Waals surface area contributed by atoms with Crippen LogP contribution in [0.1, 0.15) is 31.9 Å². The average Bonchev–Trinajstić information content (AvgIpc) is 2.87. The van der Waals surface area contributed by atoms with Crippen LogP contribution in [0.5, 0.6) is 0 Å². The summed E-state index contributed by atoms with van der Waals surface area (Å²) in [6, 6.07) is 8.24. The van der Waals surface area contributed by atoms with Crippen LogP contribution in [0.2, 0.25) is 0 Å². The molecule has 2 N–H and O–H groups in total. The van der Waals surface area contributed by atoms with E-state index in [-0.39, 0.29) is 18.4 Å². The predicted molar refractivity (Wildman–Crippen MR) is 148 cm³/mol. The Kier molecular flexibility index (Phi) is 7.04. The highest BCUT2D eigenvalue weighted by Crippen LogP contribution is 2.30. The Morgan fingerprint density at radius 1 is 0.895 bits per heavy atom. The molecule has 2 aromatic rings. The molecule has 204 valence electrons. The maximum absolute atomic E-state index is 13.0. The lowest BCUT2D eigenvalue weighted by Crippen LogP contribution is -2.53. The lowest BCUT2D eigenvalue weighted by atomic mass is 9.98. The molecule has 0 aliphatic carbocycles. The summed E-state index contributed by atoms with van der Waals surface area (Å²) in [7, 11) is 2.13. The summed E-state index contributed by atoms with van der Waals surface area (Å²) in [6.45, 7) is 11.6. The molecule has 38 heavy (non-hydrogen) atoms. The number of piperazine rings is 2. The normalized spacial score (nSPS) is 19.0. The number of carbonyl (C=O) groups excluding carboxylic acids is 2. The second-order valence-electron chi connectivity index (χ2n) is 11.3. The summed E-state index contributed by atoms with van der Waals surface area (Å²) in [4.78, 5) is 44.5. The molecule has 0 bridgehead atoms. The fourth-order valence-electron chi connectivity index (χ4n) is 5.13. The molecule has 0 spiro atoms. The monoisotopic (exact) mass is 522 g/mol. The summed E-state index contributed by atoms with van der Waals surface area (Å²) in [5, 5.41) is 0. The van der Waals surface area contributed by atoms with E-state index in [0.29, 0.717) is 19.6 Å². The minimum Gasteiger partial charge on any atom is -0.444 e. The van der Waals surface area contributed by atoms with Gasteiger partial charge < -0.3 is 30.1 Å². The van der Waals surface area contributed by atoms with E-state index >= 15 is 0 Å². The number of benzene rings is 1. The fraction of sp³-hybridized carbons (Fsp3) is 0.556. The van der Waals surface area contributed by atoms with Crippen LogP contribution in [-0.2, 0) is 22.5 Å². The number of hydrogen-bond acceptors (Lipinski definition) is 9. The number of fused-ring (bicyclic) bond motifs is 1. The van der Waals surface area contributed by atoms with Gasteiger partial charge >= 0.3 is 6.09 Å². The van der Waals surface area contributed by atoms with Gasteiger partial charge in [-0.1, -0.05) is 6.07 Å². The third-order valence-electron chi connectivity index (χ3n) is 7.25. The molecule has 5 rings (SSSR count). The molecule has 11 nitrogen and oxygen atoms in total. The summed E-state index contributed by atoms with van der Waals surface area (Å²) < 4.78 is 5.44. The van der Waals surface area contributed by atoms with Gasteiger partial charge in [-0.2, -0.15) is 9.97 Å². The first-order chi connectivity index (χ1) is 18.1. The zero-order valence-electron chi connectivity index (χ0n) is 22.8. The molecular weight excluding hydrogens is 484 g/mol. The topological polar surface area (TPSA) is 111 Å². The molecule has 3 aliphatic rings. The Bertz CT molecular complexity index is 1210. The van der Waals surface area contributed by atoms with Crippen molar-refractivity contribution in [2.24, 2.45) is 0 Å². The molecule has 4 heterocycles. The largest absolute Gasteiger partial charge is 0.444 e. The molecule has 0 radical (unpaired) electrons. The van der Waals surface area contributed by atoms with E-state index in [2.05, 4.69) is 43.8 Å². The standard InChI is InChI=1S/C27H38N8O3/c1-27(2,3)38-26(37)34-13-14-35(24(36)18-34)21-6-5-19-7-8-33(17-20(19)15-21)23-16-22(29-25(28)30-23)32-11-9-31(4)10-12-32/h5-6,15-16H,7-14,17-18H2,1-4H3,(H2,28,29,30). The van der Waals surface area contributed by atoms with Crippen LogP contribution in [0.15, 0.2) is 24.3 Å². The number of aromatic nitrogens is 2. The third-order valence-corrected chi connectivity index (χ3v) is 7.25. The number of nitrogens with zero attached hydrogens (tertiary/aromatic N) is 7. The Labute approximate surface area is 224 Å². The van der Waals surface area contributed by atoms with Crippen molar-refractivity contribution in [3.05, 3.63) is 35.4 Å². The highest BCUT2D eigenvalue weighted by Gasteiger charge is 2.31. The van der Waals surface area contributed by atoms with Crippen LogP contribution in [-0.4, -0.2) is 96.8 Å². The van der Waals surface area contributed by atoms with Crippen molar-refractivity contribution in [2.75, 3.05) is 79.8 Å². The van der Waals surface area contributed by atoms with E-state index in [1.807, 2.05) is 32.9 Å². The van der Waals surface area contributed by atoms with Crippen LogP contribution in [0.3, 0.4) is 0 Å². The summed E-state index contributed by atoms with van der Waals surface area (Å²) >= 11 is 0. The van der Waals surface area contributed by atoms with Crippen molar-refractivity contribution in [2.45, 2.75) is 39.3 Å². The molecule has 2 saturated heterocycles. The maximum Gasteiger partial charge on any atom is 0.410 e. The Hall–Kier alpha value is -3.60. The van der Waals surface area contributed by atoms with Crippen LogP contribution in [0.25, 0.3) is 0 Å². The van der Waals surface area contributed by atoms with E-state index in [1.165, 1.54) is 10.5 Å². The fourth-order valence-corrected chi connectivity index (χ4v) is 5.13. The molecular formula is C27H38N8O3. The predicted octanol–water partition coefficient (Wildman–Crippen LogP) is 1.96. The molecule has 0 atom stereocenters. The Morgan fingerprint density at radius 3 is 2.29 bits per heavy atom. The first-order valence-corrected chi connectivity index (χ1v) is 13.3. The van der Waals surface area contributed by atoms with E-state index in [9.17, 15) is 9.59 Å². The number of likely N-dealkylation sites (N-methyl/N-ethyl adjacent to an activating group) is 1. The van der Waals surface area contributed by atoms with E-state index in [1.54, 1.807) is 4.90 Å². The van der Waals surface area contributed by atoms with Crippen molar-refractivity contribution >= 4 is 35.3 Å². The number of hydrogen-bond donors (Lipinski definition) is 1. The average molecular weight is 523 g/mol. The van der Waals surface area contributed by atoms with E-state index < -0.39 is 11.7 Å². The molecule has 3 aliphatic heterocycles. The number of anilines is 4. The van der Waals surface area contributed by atoms with Gasteiger partial charge in [0.15, 0.2) is 0 Å². The van der Waals surface area contributed by atoms with Gasteiger partial charge in [0.1, 0.15) is 23.8 Å². The van der Waals surface area contributed by atoms with E-state index in [0.717, 1.165) is 62.0 Å². The Morgan fingerprint density at radius 2 is 1.61 bits per heavy atom. The lowest BCUT2D eigenvalue weighted by molar-refractivity contribution is -0.121. The molecule has 2 fully saturated rings. The van der Waals surface area contributed by atoms with E-state index in [4.69, 9.17) is 10.5 Å². The van der Waals surface area contributed by atoms with Crippen molar-refractivity contribution < 1.29 is 14.3 Å². The number of ether oxygens (including phenoxy) is 1. The second kappa shape index (κ2) is 10.3. The number of nitrogens with two attached hydrogens (primary N) is 1. The number of amides is 2. The number of carbonyl (C=O) groups is 2. The van der Waals surface area contributed by atoms with Gasteiger partial charge in [0.25, 0.3) is 0 Å². The number of nitrogen functional groups attached to an aromatic ring is 1. The second-order valence-corrected chi connectivity index (χ2v) is 11.3. The van der Waals surface area contributed by atoms with Crippen LogP contribution in [0, 0.1) is 0 Å². The zero-order chi connectivity index (χ0) is 27.0. The highest BCUT2D eigenvalue weighted by atomic mass is 16.6. The molecule has 11 heteroatoms. The molecule has 0 unspecified atom stereocenters. The lowest BCUT2D eigenvalue weighted by Gasteiger charge is -2.36. The summed E-state index contributed by atoms with van der Waals surface area (Å²) in [6.07, 6.45) is 0.427. The van der Waals surface area contributed by atoms with Crippen LogP contribution >= 0.6 is 0 Å². The van der Waals surface area contributed by atoms with Crippen LogP contribution < -0.4 is 20.4 Å². The highest BCUT2D eigenvalue weighted by molar-refractivity contribution is 5.97. The van der Waals surface area contributed by atoms with Gasteiger partial charge in [-0.3, -0.25) is 9.69 Å². The van der Waals surface area contributed by atoms with Crippen molar-refractivity contribution in [3.63, 3.8) is 0 Å². The van der Waals surface area contributed by atoms with Crippen molar-refractivity contribution in [1.82, 2.24) is 19.8 Å². The van der Waals surface area contributed by atoms with Gasteiger partial charge in [-0.25, -0.2) is 4.79 Å². The van der Waals surface area contributed by atoms with Crippen molar-refractivity contribution in [1.29, 1.82) is 0 Å². The summed E-state index contributed by atoms with van der Waals surface area (Å²) in [5.74, 6) is 1.86. The maximum atomic E-state index is 13.0. The van der Waals surface area contributed by atoms with Gasteiger partial charge in [-0.15, -0.1) is 0 Å². The smallest absolute Gasteiger partial charge is 0.410 e. The first-order valence-electron chi connectivity index (χ1n) is 13.3. The molecule has 1 aromatic heterocycles. The van der Waals surface area contributed by atoms with Crippen molar-refractivity contribution in [3.8, 4) is 0 Å². The third kappa shape index (κ3) is 5.77. The molecule has 0 saturated carbocycles. The first kappa shape index (κ1) is 26.0.